The van der Waals surface area contributed by atoms with Crippen molar-refractivity contribution in [2.24, 2.45) is 0 Å². The quantitative estimate of drug-likeness (QED) is 0.172. The number of hydrogen-bond acceptors (Lipinski definition) is 2. The number of furan rings is 1. The molecule has 0 aliphatic carbocycles. The summed E-state index contributed by atoms with van der Waals surface area (Å²) in [6.45, 7) is 0. The Labute approximate surface area is 318 Å². The molecule has 0 unspecified atom stereocenters. The molecule has 0 saturated carbocycles. The van der Waals surface area contributed by atoms with Gasteiger partial charge in [0.15, 0.2) is 0 Å². The highest BCUT2D eigenvalue weighted by molar-refractivity contribution is 6.22. The van der Waals surface area contributed by atoms with Gasteiger partial charge >= 0.3 is 0 Å². The van der Waals surface area contributed by atoms with Gasteiger partial charge in [0.25, 0.3) is 0 Å². The number of aromatic nitrogens is 1. The van der Waals surface area contributed by atoms with E-state index < -0.39 is 0 Å². The molecule has 9 aromatic carbocycles. The monoisotopic (exact) mass is 702 g/mol. The third-order valence-electron chi connectivity index (χ3n) is 11.0. The lowest BCUT2D eigenvalue weighted by Gasteiger charge is -2.27. The summed E-state index contributed by atoms with van der Waals surface area (Å²) in [5.41, 5.74) is 13.3. The Morgan fingerprint density at radius 1 is 0.382 bits per heavy atom. The number of para-hydroxylation sites is 3. The number of nitrogens with zero attached hydrogens (tertiary/aromatic N) is 2. The van der Waals surface area contributed by atoms with Crippen LogP contribution in [0.4, 0.5) is 17.1 Å². The first-order chi connectivity index (χ1) is 27.3. The Morgan fingerprint density at radius 2 is 0.927 bits per heavy atom. The maximum Gasteiger partial charge on any atom is 0.145 e. The number of hydrogen-bond donors (Lipinski definition) is 0. The normalized spacial score (nSPS) is 11.6. The molecule has 2 aromatic heterocycles. The van der Waals surface area contributed by atoms with Crippen molar-refractivity contribution in [3.8, 4) is 27.9 Å². The minimum Gasteiger partial charge on any atom is -0.455 e. The molecule has 3 heteroatoms. The van der Waals surface area contributed by atoms with Crippen LogP contribution >= 0.6 is 0 Å². The Bertz CT molecular complexity index is 3180. The molecule has 11 aromatic rings. The van der Waals surface area contributed by atoms with Crippen LogP contribution in [0.3, 0.4) is 0 Å². The summed E-state index contributed by atoms with van der Waals surface area (Å²) in [6.07, 6.45) is 0. The van der Waals surface area contributed by atoms with E-state index in [1.54, 1.807) is 0 Å². The molecular formula is C52H34N2O. The molecule has 3 nitrogen and oxygen atoms in total. The summed E-state index contributed by atoms with van der Waals surface area (Å²) in [5, 5.41) is 6.93. The van der Waals surface area contributed by atoms with Crippen LogP contribution in [0.5, 0.6) is 0 Å². The van der Waals surface area contributed by atoms with Gasteiger partial charge in [0.05, 0.1) is 22.1 Å². The van der Waals surface area contributed by atoms with E-state index in [2.05, 4.69) is 210 Å². The summed E-state index contributed by atoms with van der Waals surface area (Å²) in [7, 11) is 0. The maximum absolute atomic E-state index is 6.65. The predicted molar refractivity (Wildman–Crippen MR) is 231 cm³/mol. The van der Waals surface area contributed by atoms with E-state index in [9.17, 15) is 0 Å². The first-order valence-electron chi connectivity index (χ1n) is 18.8. The molecule has 0 amide bonds. The van der Waals surface area contributed by atoms with Gasteiger partial charge in [-0.2, -0.15) is 0 Å². The highest BCUT2D eigenvalue weighted by Crippen LogP contribution is 2.46. The minimum atomic E-state index is 0.883. The summed E-state index contributed by atoms with van der Waals surface area (Å²) < 4.78 is 9.01. The molecule has 11 rings (SSSR count). The van der Waals surface area contributed by atoms with E-state index >= 15 is 0 Å². The summed E-state index contributed by atoms with van der Waals surface area (Å²) >= 11 is 0. The Kier molecular flexibility index (Phi) is 7.17. The van der Waals surface area contributed by atoms with E-state index in [0.29, 0.717) is 0 Å². The van der Waals surface area contributed by atoms with Crippen molar-refractivity contribution in [3.63, 3.8) is 0 Å². The van der Waals surface area contributed by atoms with Crippen LogP contribution in [0, 0.1) is 0 Å². The topological polar surface area (TPSA) is 21.3 Å². The van der Waals surface area contributed by atoms with Crippen molar-refractivity contribution < 1.29 is 4.42 Å². The molecule has 0 spiro atoms. The lowest BCUT2D eigenvalue weighted by Crippen LogP contribution is -2.10. The highest BCUT2D eigenvalue weighted by Gasteiger charge is 2.22. The molecule has 258 valence electrons. The van der Waals surface area contributed by atoms with Gasteiger partial charge in [-0.15, -0.1) is 0 Å². The Balaban J connectivity index is 1.08. The zero-order chi connectivity index (χ0) is 36.3. The number of rotatable bonds is 6. The second kappa shape index (κ2) is 12.6. The van der Waals surface area contributed by atoms with E-state index in [1.165, 1.54) is 44.1 Å². The van der Waals surface area contributed by atoms with Crippen molar-refractivity contribution >= 4 is 71.6 Å². The highest BCUT2D eigenvalue weighted by atomic mass is 16.3. The Morgan fingerprint density at radius 3 is 1.67 bits per heavy atom. The predicted octanol–water partition coefficient (Wildman–Crippen LogP) is 14.6. The van der Waals surface area contributed by atoms with Gasteiger partial charge in [-0.3, -0.25) is 0 Å². The van der Waals surface area contributed by atoms with Gasteiger partial charge in [-0.05, 0) is 94.4 Å². The fourth-order valence-electron chi connectivity index (χ4n) is 8.39. The average molecular weight is 703 g/mol. The van der Waals surface area contributed by atoms with E-state index in [1.807, 2.05) is 6.07 Å². The lowest BCUT2D eigenvalue weighted by molar-refractivity contribution is 0.672. The van der Waals surface area contributed by atoms with Crippen LogP contribution in [-0.2, 0) is 0 Å². The van der Waals surface area contributed by atoms with Crippen LogP contribution in [-0.4, -0.2) is 4.57 Å². The van der Waals surface area contributed by atoms with Crippen LogP contribution in [0.25, 0.3) is 82.5 Å². The van der Waals surface area contributed by atoms with Gasteiger partial charge in [-0.1, -0.05) is 140 Å². The van der Waals surface area contributed by atoms with Gasteiger partial charge in [0.2, 0.25) is 0 Å². The van der Waals surface area contributed by atoms with Crippen LogP contribution in [0.15, 0.2) is 211 Å². The molecule has 0 bridgehead atoms. The van der Waals surface area contributed by atoms with Crippen molar-refractivity contribution in [1.29, 1.82) is 0 Å². The molecule has 55 heavy (non-hydrogen) atoms. The zero-order valence-corrected chi connectivity index (χ0v) is 29.9. The number of fused-ring (bicyclic) bond motifs is 8. The fraction of sp³-hybridized carbons (Fsp3) is 0. The average Bonchev–Trinajstić information content (AvgIpc) is 3.81. The second-order valence-electron chi connectivity index (χ2n) is 14.1. The molecule has 0 radical (unpaired) electrons. The van der Waals surface area contributed by atoms with Crippen molar-refractivity contribution in [2.75, 3.05) is 4.90 Å². The fourth-order valence-corrected chi connectivity index (χ4v) is 8.39. The SMILES string of the molecule is c1ccc(-c2ccc(N(c3ccc(-c4ccc5c(c4)c4ccccc4n5-c4ccccc4)cc3)c3cc4ccccc4c4oc5ccccc5c34)cc2)cc1. The maximum atomic E-state index is 6.65. The van der Waals surface area contributed by atoms with Gasteiger partial charge in [-0.25, -0.2) is 0 Å². The first-order valence-corrected chi connectivity index (χ1v) is 18.8. The van der Waals surface area contributed by atoms with Crippen LogP contribution in [0.1, 0.15) is 0 Å². The summed E-state index contributed by atoms with van der Waals surface area (Å²) in [4.78, 5) is 2.38. The van der Waals surface area contributed by atoms with Crippen molar-refractivity contribution in [1.82, 2.24) is 4.57 Å². The third-order valence-corrected chi connectivity index (χ3v) is 11.0. The summed E-state index contributed by atoms with van der Waals surface area (Å²) in [6, 6.07) is 73.9. The van der Waals surface area contributed by atoms with Crippen LogP contribution in [0.2, 0.25) is 0 Å². The Hall–Kier alpha value is -7.36. The summed E-state index contributed by atoms with van der Waals surface area (Å²) in [5.74, 6) is 0. The standard InChI is InChI=1S/C52H34N2O/c1-3-13-35(14-4-1)36-23-28-41(29-24-36)53(49-34-39-15-7-8-18-43(39)52-51(49)45-20-10-12-22-50(45)55-52)42-30-25-37(26-31-42)38-27-32-48-46(33-38)44-19-9-11-21-47(44)54(48)40-16-5-2-6-17-40/h1-34H. The molecule has 0 N–H and O–H groups in total. The van der Waals surface area contributed by atoms with E-state index in [4.69, 9.17) is 4.42 Å². The number of anilines is 3. The molecule has 0 saturated heterocycles. The third kappa shape index (κ3) is 5.13. The second-order valence-corrected chi connectivity index (χ2v) is 14.1. The molecular weight excluding hydrogens is 669 g/mol. The van der Waals surface area contributed by atoms with Crippen LogP contribution < -0.4 is 4.90 Å². The van der Waals surface area contributed by atoms with Crippen molar-refractivity contribution in [3.05, 3.63) is 206 Å². The smallest absolute Gasteiger partial charge is 0.145 e. The molecule has 0 fully saturated rings. The lowest BCUT2D eigenvalue weighted by atomic mass is 10.00. The van der Waals surface area contributed by atoms with Gasteiger partial charge in [0.1, 0.15) is 11.2 Å². The van der Waals surface area contributed by atoms with E-state index in [0.717, 1.165) is 55.5 Å². The number of benzene rings is 9. The minimum absolute atomic E-state index is 0.883. The zero-order valence-electron chi connectivity index (χ0n) is 29.9. The van der Waals surface area contributed by atoms with E-state index in [-0.39, 0.29) is 0 Å². The molecule has 2 heterocycles. The van der Waals surface area contributed by atoms with Gasteiger partial charge < -0.3 is 13.9 Å². The molecule has 0 aliphatic heterocycles. The molecule has 0 aliphatic rings. The first kappa shape index (κ1) is 31.2. The molecule has 0 atom stereocenters. The van der Waals surface area contributed by atoms with Gasteiger partial charge in [0, 0.05) is 38.6 Å². The van der Waals surface area contributed by atoms with Crippen molar-refractivity contribution in [2.45, 2.75) is 0 Å². The largest absolute Gasteiger partial charge is 0.455 e.